The average molecular weight is 327 g/mol. The highest BCUT2D eigenvalue weighted by atomic mass is 79.9. The molecule has 1 aromatic carbocycles. The van der Waals surface area contributed by atoms with Gasteiger partial charge in [0, 0.05) is 16.6 Å². The molecule has 0 bridgehead atoms. The third-order valence-corrected chi connectivity index (χ3v) is 4.38. The van der Waals surface area contributed by atoms with Crippen LogP contribution in [0.15, 0.2) is 28.7 Å². The Hall–Kier alpha value is -0.910. The Morgan fingerprint density at radius 1 is 1.53 bits per heavy atom. The standard InChI is InChI=1S/C14H19BrN2O2/c1-10-14(2,7-8-19-10)16-9-13(18)17-12-6-4-3-5-11(12)15/h3-6,10,16H,7-9H2,1-2H3,(H,17,18). The van der Waals surface area contributed by atoms with Gasteiger partial charge in [-0.3, -0.25) is 4.79 Å². The molecule has 1 aliphatic heterocycles. The Kier molecular flexibility index (Phi) is 4.60. The van der Waals surface area contributed by atoms with Crippen LogP contribution in [0.1, 0.15) is 20.3 Å². The summed E-state index contributed by atoms with van der Waals surface area (Å²) in [5, 5.41) is 6.17. The number of nitrogens with one attached hydrogen (secondary N) is 2. The van der Waals surface area contributed by atoms with Crippen molar-refractivity contribution in [3.63, 3.8) is 0 Å². The van der Waals surface area contributed by atoms with Crippen LogP contribution in [0.4, 0.5) is 5.69 Å². The zero-order chi connectivity index (χ0) is 13.9. The summed E-state index contributed by atoms with van der Waals surface area (Å²) in [5.41, 5.74) is 0.667. The number of anilines is 1. The van der Waals surface area contributed by atoms with Crippen molar-refractivity contribution < 1.29 is 9.53 Å². The topological polar surface area (TPSA) is 50.4 Å². The minimum Gasteiger partial charge on any atom is -0.377 e. The van der Waals surface area contributed by atoms with Crippen LogP contribution in [0.25, 0.3) is 0 Å². The molecule has 1 aliphatic rings. The van der Waals surface area contributed by atoms with E-state index in [1.54, 1.807) is 0 Å². The van der Waals surface area contributed by atoms with E-state index in [1.165, 1.54) is 0 Å². The largest absolute Gasteiger partial charge is 0.377 e. The van der Waals surface area contributed by atoms with E-state index in [0.29, 0.717) is 0 Å². The highest BCUT2D eigenvalue weighted by Crippen LogP contribution is 2.25. The molecule has 2 atom stereocenters. The van der Waals surface area contributed by atoms with Crippen LogP contribution in [-0.2, 0) is 9.53 Å². The lowest BCUT2D eigenvalue weighted by Gasteiger charge is -2.28. The maximum Gasteiger partial charge on any atom is 0.238 e. The highest BCUT2D eigenvalue weighted by Gasteiger charge is 2.36. The van der Waals surface area contributed by atoms with Gasteiger partial charge < -0.3 is 15.4 Å². The van der Waals surface area contributed by atoms with Gasteiger partial charge in [-0.05, 0) is 48.3 Å². The Balaban J connectivity index is 1.87. The lowest BCUT2D eigenvalue weighted by molar-refractivity contribution is -0.115. The molecule has 0 spiro atoms. The first kappa shape index (κ1) is 14.5. The maximum atomic E-state index is 11.9. The van der Waals surface area contributed by atoms with Gasteiger partial charge in [0.1, 0.15) is 0 Å². The first-order chi connectivity index (χ1) is 9.01. The van der Waals surface area contributed by atoms with Crippen molar-refractivity contribution in [1.82, 2.24) is 5.32 Å². The zero-order valence-corrected chi connectivity index (χ0v) is 12.8. The minimum absolute atomic E-state index is 0.0489. The summed E-state index contributed by atoms with van der Waals surface area (Å²) in [6.45, 7) is 5.16. The molecule has 1 heterocycles. The SMILES string of the molecule is CC1OCCC1(C)NCC(=O)Nc1ccccc1Br. The van der Waals surface area contributed by atoms with E-state index in [0.717, 1.165) is 23.2 Å². The normalized spacial score (nSPS) is 26.4. The monoisotopic (exact) mass is 326 g/mol. The van der Waals surface area contributed by atoms with Gasteiger partial charge in [-0.25, -0.2) is 0 Å². The Labute approximate surface area is 122 Å². The molecule has 1 aromatic rings. The smallest absolute Gasteiger partial charge is 0.238 e. The van der Waals surface area contributed by atoms with Gasteiger partial charge in [-0.1, -0.05) is 12.1 Å². The van der Waals surface area contributed by atoms with Gasteiger partial charge in [0.25, 0.3) is 0 Å². The molecule has 0 saturated carbocycles. The molecule has 1 fully saturated rings. The molecule has 104 valence electrons. The number of carbonyl (C=O) groups is 1. The summed E-state index contributed by atoms with van der Waals surface area (Å²) in [6.07, 6.45) is 1.06. The van der Waals surface area contributed by atoms with Crippen LogP contribution < -0.4 is 10.6 Å². The molecule has 2 rings (SSSR count). The van der Waals surface area contributed by atoms with Crippen LogP contribution in [0, 0.1) is 0 Å². The average Bonchev–Trinajstić information content (AvgIpc) is 2.71. The molecule has 19 heavy (non-hydrogen) atoms. The van der Waals surface area contributed by atoms with Gasteiger partial charge in [0.2, 0.25) is 5.91 Å². The molecule has 0 radical (unpaired) electrons. The molecular weight excluding hydrogens is 308 g/mol. The van der Waals surface area contributed by atoms with E-state index >= 15 is 0 Å². The lowest BCUT2D eigenvalue weighted by atomic mass is 9.95. The molecular formula is C14H19BrN2O2. The lowest BCUT2D eigenvalue weighted by Crippen LogP contribution is -2.50. The van der Waals surface area contributed by atoms with Crippen molar-refractivity contribution in [1.29, 1.82) is 0 Å². The summed E-state index contributed by atoms with van der Waals surface area (Å²) in [7, 11) is 0. The zero-order valence-electron chi connectivity index (χ0n) is 11.2. The fourth-order valence-corrected chi connectivity index (χ4v) is 2.49. The molecule has 1 saturated heterocycles. The van der Waals surface area contributed by atoms with Crippen LogP contribution >= 0.6 is 15.9 Å². The quantitative estimate of drug-likeness (QED) is 0.894. The summed E-state index contributed by atoms with van der Waals surface area (Å²) >= 11 is 3.41. The molecule has 4 nitrogen and oxygen atoms in total. The second-order valence-corrected chi connectivity index (χ2v) is 5.92. The number of hydrogen-bond acceptors (Lipinski definition) is 3. The van der Waals surface area contributed by atoms with Crippen molar-refractivity contribution in [2.24, 2.45) is 0 Å². The third kappa shape index (κ3) is 3.55. The summed E-state index contributed by atoms with van der Waals surface area (Å²) in [4.78, 5) is 11.9. The van der Waals surface area contributed by atoms with Crippen LogP contribution in [0.3, 0.4) is 0 Å². The van der Waals surface area contributed by atoms with Gasteiger partial charge in [0.15, 0.2) is 0 Å². The number of benzene rings is 1. The minimum atomic E-state index is -0.120. The molecule has 0 aromatic heterocycles. The van der Waals surface area contributed by atoms with Crippen molar-refractivity contribution in [3.8, 4) is 0 Å². The van der Waals surface area contributed by atoms with Crippen molar-refractivity contribution in [2.45, 2.75) is 31.9 Å². The molecule has 1 amide bonds. The summed E-state index contributed by atoms with van der Waals surface area (Å²) in [6, 6.07) is 7.57. The number of carbonyl (C=O) groups excluding carboxylic acids is 1. The molecule has 2 unspecified atom stereocenters. The molecule has 2 N–H and O–H groups in total. The first-order valence-electron chi connectivity index (χ1n) is 6.42. The second kappa shape index (κ2) is 6.03. The van der Waals surface area contributed by atoms with Crippen molar-refractivity contribution >= 4 is 27.5 Å². The van der Waals surface area contributed by atoms with E-state index < -0.39 is 0 Å². The number of rotatable bonds is 4. The van der Waals surface area contributed by atoms with E-state index in [4.69, 9.17) is 4.74 Å². The predicted octanol–water partition coefficient (Wildman–Crippen LogP) is 2.54. The van der Waals surface area contributed by atoms with Crippen LogP contribution in [-0.4, -0.2) is 30.7 Å². The first-order valence-corrected chi connectivity index (χ1v) is 7.21. The maximum absolute atomic E-state index is 11.9. The van der Waals surface area contributed by atoms with Gasteiger partial charge >= 0.3 is 0 Å². The van der Waals surface area contributed by atoms with Crippen molar-refractivity contribution in [2.75, 3.05) is 18.5 Å². The van der Waals surface area contributed by atoms with E-state index in [9.17, 15) is 4.79 Å². The van der Waals surface area contributed by atoms with Crippen LogP contribution in [0.5, 0.6) is 0 Å². The number of amides is 1. The fraction of sp³-hybridized carbons (Fsp3) is 0.500. The van der Waals surface area contributed by atoms with E-state index in [1.807, 2.05) is 31.2 Å². The van der Waals surface area contributed by atoms with Gasteiger partial charge in [-0.15, -0.1) is 0 Å². The third-order valence-electron chi connectivity index (χ3n) is 3.69. The molecule has 0 aliphatic carbocycles. The van der Waals surface area contributed by atoms with Crippen LogP contribution in [0.2, 0.25) is 0 Å². The summed E-state index contributed by atoms with van der Waals surface area (Å²) in [5.74, 6) is -0.0489. The number of halogens is 1. The summed E-state index contributed by atoms with van der Waals surface area (Å²) < 4.78 is 6.42. The van der Waals surface area contributed by atoms with E-state index in [2.05, 4.69) is 33.5 Å². The number of para-hydroxylation sites is 1. The van der Waals surface area contributed by atoms with Crippen molar-refractivity contribution in [3.05, 3.63) is 28.7 Å². The second-order valence-electron chi connectivity index (χ2n) is 5.06. The predicted molar refractivity (Wildman–Crippen MR) is 79.2 cm³/mol. The number of ether oxygens (including phenoxy) is 1. The van der Waals surface area contributed by atoms with Gasteiger partial charge in [-0.2, -0.15) is 0 Å². The highest BCUT2D eigenvalue weighted by molar-refractivity contribution is 9.10. The number of hydrogen-bond donors (Lipinski definition) is 2. The Bertz CT molecular complexity index is 467. The fourth-order valence-electron chi connectivity index (χ4n) is 2.11. The molecule has 5 heteroatoms. The van der Waals surface area contributed by atoms with E-state index in [-0.39, 0.29) is 24.1 Å². The van der Waals surface area contributed by atoms with Gasteiger partial charge in [0.05, 0.1) is 18.3 Å². The Morgan fingerprint density at radius 2 is 2.26 bits per heavy atom. The Morgan fingerprint density at radius 3 is 2.89 bits per heavy atom.